The first-order valence-electron chi connectivity index (χ1n) is 18.8. The first-order valence-corrected chi connectivity index (χ1v) is 20.4. The number of ketones is 1. The molecule has 5 amide bonds. The summed E-state index contributed by atoms with van der Waals surface area (Å²) >= 11 is 0. The van der Waals surface area contributed by atoms with Crippen LogP contribution in [-0.2, 0) is 35.0 Å². The number of nitrogens with one attached hydrogen (secondary N) is 4. The fraction of sp³-hybridized carbons (Fsp3) is 0.625. The maximum Gasteiger partial charge on any atom is 0.315 e. The van der Waals surface area contributed by atoms with Crippen molar-refractivity contribution in [1.29, 1.82) is 0 Å². The van der Waals surface area contributed by atoms with Crippen LogP contribution in [0.5, 0.6) is 0 Å². The number of terminal acetylenes is 1. The van der Waals surface area contributed by atoms with Crippen LogP contribution in [0.3, 0.4) is 0 Å². The normalized spacial score (nSPS) is 22.5. The van der Waals surface area contributed by atoms with Crippen molar-refractivity contribution in [3.8, 4) is 12.3 Å². The zero-order valence-corrected chi connectivity index (χ0v) is 33.4. The second-order valence-corrected chi connectivity index (χ2v) is 18.9. The molecule has 1 saturated heterocycles. The Morgan fingerprint density at radius 1 is 1.07 bits per heavy atom. The molecular weight excluding hydrogens is 709 g/mol. The quantitative estimate of drug-likeness (QED) is 0.114. The lowest BCUT2D eigenvalue weighted by molar-refractivity contribution is -0.145. The summed E-state index contributed by atoms with van der Waals surface area (Å²) in [7, 11) is -2.18. The van der Waals surface area contributed by atoms with Gasteiger partial charge in [0.05, 0.1) is 17.3 Å². The lowest BCUT2D eigenvalue weighted by Gasteiger charge is -2.42. The summed E-state index contributed by atoms with van der Waals surface area (Å²) in [5.74, 6) is -0.636. The third kappa shape index (κ3) is 9.90. The van der Waals surface area contributed by atoms with Crippen molar-refractivity contribution in [1.82, 2.24) is 30.5 Å². The van der Waals surface area contributed by atoms with E-state index in [1.54, 1.807) is 24.3 Å². The van der Waals surface area contributed by atoms with Gasteiger partial charge in [-0.1, -0.05) is 90.3 Å². The van der Waals surface area contributed by atoms with Crippen molar-refractivity contribution in [3.63, 3.8) is 0 Å². The molecule has 2 aliphatic carbocycles. The van der Waals surface area contributed by atoms with Crippen LogP contribution in [-0.4, -0.2) is 97.5 Å². The molecule has 0 bridgehead atoms. The van der Waals surface area contributed by atoms with Gasteiger partial charge >= 0.3 is 6.03 Å². The minimum atomic E-state index is -3.71. The zero-order chi connectivity index (χ0) is 40.1. The number of Topliss-reactive ketones (excluding diaryl/α,β-unsaturated/α-hetero) is 1. The molecule has 1 unspecified atom stereocenters. The molecule has 1 heterocycles. The highest BCUT2D eigenvalue weighted by molar-refractivity contribution is 7.88. The number of carbonyl (C=O) groups excluding carboxylic acids is 5. The van der Waals surface area contributed by atoms with Gasteiger partial charge in [0.25, 0.3) is 5.91 Å². The SMILES string of the molecule is C#CCCC(NC(=O)[C@@H]1[C@@H]2[C@H](CN1C(=O)[C@@H](NC(=O)NC1(CN(C)S(=O)(=O)Cc3ccccc3)CCCCC1)C(C)(C)C)C2(C)C)C(=O)C(=O)NCC=C. The molecule has 14 heteroatoms. The Balaban J connectivity index is 1.53. The molecule has 1 aromatic carbocycles. The van der Waals surface area contributed by atoms with Crippen molar-refractivity contribution in [3.05, 3.63) is 48.6 Å². The number of amides is 5. The number of hydrogen-bond donors (Lipinski definition) is 4. The van der Waals surface area contributed by atoms with E-state index in [9.17, 15) is 32.4 Å². The van der Waals surface area contributed by atoms with Crippen molar-refractivity contribution < 1.29 is 32.4 Å². The van der Waals surface area contributed by atoms with Gasteiger partial charge in [-0.05, 0) is 47.5 Å². The van der Waals surface area contributed by atoms with Crippen LogP contribution in [0.2, 0.25) is 0 Å². The van der Waals surface area contributed by atoms with Crippen molar-refractivity contribution in [2.75, 3.05) is 26.7 Å². The highest BCUT2D eigenvalue weighted by Gasteiger charge is 2.70. The third-order valence-electron chi connectivity index (χ3n) is 11.4. The van der Waals surface area contributed by atoms with Gasteiger partial charge in [-0.3, -0.25) is 19.2 Å². The molecule has 54 heavy (non-hydrogen) atoms. The number of urea groups is 1. The summed E-state index contributed by atoms with van der Waals surface area (Å²) in [6.07, 6.45) is 10.8. The first kappa shape index (κ1) is 42.5. The van der Waals surface area contributed by atoms with E-state index in [0.29, 0.717) is 18.4 Å². The fourth-order valence-electron chi connectivity index (χ4n) is 8.17. The van der Waals surface area contributed by atoms with E-state index >= 15 is 0 Å². The van der Waals surface area contributed by atoms with Gasteiger partial charge in [0, 0.05) is 33.1 Å². The van der Waals surface area contributed by atoms with E-state index in [-0.39, 0.29) is 55.5 Å². The van der Waals surface area contributed by atoms with Gasteiger partial charge in [0.2, 0.25) is 27.6 Å². The van der Waals surface area contributed by atoms with Gasteiger partial charge < -0.3 is 26.2 Å². The molecule has 5 atom stereocenters. The van der Waals surface area contributed by atoms with Crippen LogP contribution in [0.4, 0.5) is 4.79 Å². The number of sulfonamides is 1. The minimum Gasteiger partial charge on any atom is -0.346 e. The van der Waals surface area contributed by atoms with E-state index in [4.69, 9.17) is 6.42 Å². The average molecular weight is 767 g/mol. The highest BCUT2D eigenvalue weighted by Crippen LogP contribution is 2.65. The lowest BCUT2D eigenvalue weighted by Crippen LogP contribution is -2.64. The molecule has 0 aromatic heterocycles. The summed E-state index contributed by atoms with van der Waals surface area (Å²) < 4.78 is 28.1. The largest absolute Gasteiger partial charge is 0.346 e. The fourth-order valence-corrected chi connectivity index (χ4v) is 9.45. The molecule has 4 rings (SSSR count). The minimum absolute atomic E-state index is 0.0151. The van der Waals surface area contributed by atoms with Crippen LogP contribution < -0.4 is 21.3 Å². The maximum atomic E-state index is 14.5. The summed E-state index contributed by atoms with van der Waals surface area (Å²) in [4.78, 5) is 69.7. The van der Waals surface area contributed by atoms with E-state index in [0.717, 1.165) is 19.3 Å². The maximum absolute atomic E-state index is 14.5. The van der Waals surface area contributed by atoms with Gasteiger partial charge in [-0.2, -0.15) is 0 Å². The summed E-state index contributed by atoms with van der Waals surface area (Å²) in [5.41, 5.74) is -1.23. The molecule has 2 saturated carbocycles. The highest BCUT2D eigenvalue weighted by atomic mass is 32.2. The third-order valence-corrected chi connectivity index (χ3v) is 13.1. The van der Waals surface area contributed by atoms with Gasteiger partial charge in [-0.25, -0.2) is 17.5 Å². The monoisotopic (exact) mass is 766 g/mol. The molecule has 4 N–H and O–H groups in total. The van der Waals surface area contributed by atoms with Gasteiger partial charge in [-0.15, -0.1) is 18.9 Å². The standard InChI is InChI=1S/C40H58N6O7S/c1-9-11-20-29(32(47)35(49)41-23-10-2)42-34(48)31-30-28(39(30,6)7)24-46(31)36(50)33(38(3,4)5)43-37(51)44-40(21-16-13-17-22-40)26-45(8)54(52,53)25-27-18-14-12-15-19-27/h1,10,12,14-15,18-19,28-31,33H,2,11,13,16-17,20-26H2,3-8H3,(H,41,49)(H,42,48)(H2,43,44,51)/t28-,29?,30-,31-,33+/m0/s1. The Hall–Kier alpha value is -4.22. The Kier molecular flexibility index (Phi) is 13.4. The predicted octanol–water partition coefficient (Wildman–Crippen LogP) is 3.12. The summed E-state index contributed by atoms with van der Waals surface area (Å²) in [5, 5.41) is 11.2. The Morgan fingerprint density at radius 2 is 1.72 bits per heavy atom. The number of fused-ring (bicyclic) bond motifs is 1. The molecule has 1 aliphatic heterocycles. The number of rotatable bonds is 16. The second kappa shape index (κ2) is 17.1. The number of carbonyl (C=O) groups is 5. The van der Waals surface area contributed by atoms with Crippen LogP contribution in [0.15, 0.2) is 43.0 Å². The zero-order valence-electron chi connectivity index (χ0n) is 32.6. The molecule has 13 nitrogen and oxygen atoms in total. The Bertz CT molecular complexity index is 1730. The summed E-state index contributed by atoms with van der Waals surface area (Å²) in [6, 6.07) is 5.13. The molecule has 0 spiro atoms. The number of likely N-dealkylation sites (tertiary alicyclic amines) is 1. The average Bonchev–Trinajstić information content (AvgIpc) is 3.41. The number of hydrogen-bond acceptors (Lipinski definition) is 7. The van der Waals surface area contributed by atoms with Crippen molar-refractivity contribution in [2.24, 2.45) is 22.7 Å². The number of likely N-dealkylation sites (N-methyl/N-ethyl adjacent to an activating group) is 1. The van der Waals surface area contributed by atoms with Gasteiger partial charge in [0.1, 0.15) is 12.1 Å². The molecule has 0 radical (unpaired) electrons. The molecule has 3 aliphatic rings. The van der Waals surface area contributed by atoms with Gasteiger partial charge in [0.15, 0.2) is 0 Å². The topological polar surface area (TPSA) is 174 Å². The van der Waals surface area contributed by atoms with Crippen molar-refractivity contribution in [2.45, 2.75) is 109 Å². The molecular formula is C40H58N6O7S. The van der Waals surface area contributed by atoms with Crippen LogP contribution in [0.25, 0.3) is 0 Å². The smallest absolute Gasteiger partial charge is 0.315 e. The molecule has 1 aromatic rings. The van der Waals surface area contributed by atoms with Crippen LogP contribution in [0.1, 0.15) is 85.1 Å². The summed E-state index contributed by atoms with van der Waals surface area (Å²) in [6.45, 7) is 13.5. The predicted molar refractivity (Wildman–Crippen MR) is 207 cm³/mol. The number of piperidine rings is 1. The molecule has 296 valence electrons. The number of nitrogens with zero attached hydrogens (tertiary/aromatic N) is 2. The Morgan fingerprint density at radius 3 is 2.31 bits per heavy atom. The van der Waals surface area contributed by atoms with E-state index in [1.807, 2.05) is 40.7 Å². The van der Waals surface area contributed by atoms with E-state index in [2.05, 4.69) is 33.8 Å². The van der Waals surface area contributed by atoms with E-state index < -0.39 is 68.6 Å². The first-order chi connectivity index (χ1) is 25.3. The lowest BCUT2D eigenvalue weighted by atomic mass is 9.81. The van der Waals surface area contributed by atoms with Crippen LogP contribution in [0, 0.1) is 35.0 Å². The molecule has 3 fully saturated rings. The van der Waals surface area contributed by atoms with E-state index in [1.165, 1.54) is 22.3 Å². The van der Waals surface area contributed by atoms with Crippen molar-refractivity contribution >= 4 is 39.6 Å². The Labute approximate surface area is 320 Å². The van der Waals surface area contributed by atoms with Crippen LogP contribution >= 0.6 is 0 Å². The number of benzene rings is 1. The second-order valence-electron chi connectivity index (χ2n) is 16.8.